The van der Waals surface area contributed by atoms with Gasteiger partial charge in [0.15, 0.2) is 0 Å². The molecule has 1 amide bonds. The Labute approximate surface area is 164 Å². The van der Waals surface area contributed by atoms with Crippen molar-refractivity contribution in [3.8, 4) is 0 Å². The molecule has 0 saturated heterocycles. The Bertz CT molecular complexity index is 892. The van der Waals surface area contributed by atoms with Crippen LogP contribution in [0.2, 0.25) is 5.02 Å². The summed E-state index contributed by atoms with van der Waals surface area (Å²) in [5.74, 6) is -0.399. The van der Waals surface area contributed by atoms with Gasteiger partial charge in [-0.3, -0.25) is 4.79 Å². The first-order chi connectivity index (χ1) is 12.8. The second-order valence-corrected chi connectivity index (χ2v) is 8.73. The van der Waals surface area contributed by atoms with Crippen molar-refractivity contribution in [2.45, 2.75) is 57.0 Å². The Hall–Kier alpha value is -2.07. The minimum atomic E-state index is -0.405. The number of carbonyl (C=O) groups is 1. The van der Waals surface area contributed by atoms with Gasteiger partial charge in [0.05, 0.1) is 11.1 Å². The lowest BCUT2D eigenvalue weighted by atomic mass is 9.73. The summed E-state index contributed by atoms with van der Waals surface area (Å²) in [4.78, 5) is 12.5. The first-order valence-corrected chi connectivity index (χ1v) is 9.88. The number of carbonyl (C=O) groups excluding carboxylic acids is 1. The number of hydrogen-bond acceptors (Lipinski definition) is 2. The number of hydrogen-bond donors (Lipinski definition) is 2. The number of rotatable bonds is 3. The third-order valence-corrected chi connectivity index (χ3v) is 6.13. The molecule has 27 heavy (non-hydrogen) atoms. The van der Waals surface area contributed by atoms with E-state index in [-0.39, 0.29) is 22.4 Å². The molecule has 2 aromatic rings. The highest BCUT2D eigenvalue weighted by Crippen LogP contribution is 2.44. The van der Waals surface area contributed by atoms with Crippen molar-refractivity contribution < 1.29 is 9.18 Å². The fourth-order valence-electron chi connectivity index (χ4n) is 3.98. The van der Waals surface area contributed by atoms with Gasteiger partial charge in [-0.05, 0) is 72.6 Å². The number of anilines is 1. The van der Waals surface area contributed by atoms with Gasteiger partial charge in [0, 0.05) is 17.3 Å². The Morgan fingerprint density at radius 3 is 2.67 bits per heavy atom. The summed E-state index contributed by atoms with van der Waals surface area (Å²) in [6.45, 7) is 4.36. The van der Waals surface area contributed by atoms with E-state index in [1.165, 1.54) is 12.5 Å². The molecule has 5 heteroatoms. The van der Waals surface area contributed by atoms with Crippen LogP contribution in [0.4, 0.5) is 10.1 Å². The molecular weight excluding hydrogens is 363 g/mol. The van der Waals surface area contributed by atoms with E-state index in [2.05, 4.69) is 24.5 Å². The van der Waals surface area contributed by atoms with Crippen LogP contribution < -0.4 is 10.6 Å². The fourth-order valence-corrected chi connectivity index (χ4v) is 4.17. The van der Waals surface area contributed by atoms with Gasteiger partial charge in [-0.15, -0.1) is 0 Å². The molecule has 0 spiro atoms. The van der Waals surface area contributed by atoms with Crippen LogP contribution in [0.5, 0.6) is 0 Å². The van der Waals surface area contributed by atoms with Crippen LogP contribution in [0.25, 0.3) is 0 Å². The molecule has 0 bridgehead atoms. The van der Waals surface area contributed by atoms with Gasteiger partial charge in [0.2, 0.25) is 0 Å². The lowest BCUT2D eigenvalue weighted by molar-refractivity contribution is 0.0917. The molecule has 2 aliphatic rings. The molecule has 2 aromatic carbocycles. The Morgan fingerprint density at radius 2 is 2.00 bits per heavy atom. The van der Waals surface area contributed by atoms with E-state index in [0.29, 0.717) is 11.6 Å². The van der Waals surface area contributed by atoms with Crippen molar-refractivity contribution >= 4 is 23.2 Å². The van der Waals surface area contributed by atoms with Crippen LogP contribution in [0.15, 0.2) is 36.4 Å². The van der Waals surface area contributed by atoms with Gasteiger partial charge in [-0.25, -0.2) is 4.39 Å². The second kappa shape index (κ2) is 6.83. The maximum Gasteiger partial charge on any atom is 0.251 e. The number of amides is 1. The molecular formula is C22H24ClFN2O. The van der Waals surface area contributed by atoms with Crippen LogP contribution in [0, 0.1) is 5.82 Å². The SMILES string of the molecule is CC1(C)CC(c2ccc(F)c(Cl)c2)Nc2ccc(C(=O)NC3CCC3)cc21. The number of nitrogens with one attached hydrogen (secondary N) is 2. The quantitative estimate of drug-likeness (QED) is 0.721. The molecule has 1 heterocycles. The normalized spacial score (nSPS) is 21.0. The van der Waals surface area contributed by atoms with Crippen molar-refractivity contribution in [3.05, 3.63) is 63.9 Å². The first-order valence-electron chi connectivity index (χ1n) is 9.50. The van der Waals surface area contributed by atoms with Crippen LogP contribution in [-0.4, -0.2) is 11.9 Å². The number of halogens is 2. The summed E-state index contributed by atoms with van der Waals surface area (Å²) >= 11 is 5.97. The molecule has 0 radical (unpaired) electrons. The molecule has 2 N–H and O–H groups in total. The molecule has 1 atom stereocenters. The van der Waals surface area contributed by atoms with E-state index in [1.54, 1.807) is 12.1 Å². The second-order valence-electron chi connectivity index (χ2n) is 8.32. The van der Waals surface area contributed by atoms with Crippen LogP contribution in [0.1, 0.15) is 67.1 Å². The van der Waals surface area contributed by atoms with E-state index in [4.69, 9.17) is 11.6 Å². The number of fused-ring (bicyclic) bond motifs is 1. The summed E-state index contributed by atoms with van der Waals surface area (Å²) in [7, 11) is 0. The van der Waals surface area contributed by atoms with Gasteiger partial charge in [-0.1, -0.05) is 31.5 Å². The molecule has 1 aliphatic carbocycles. The predicted molar refractivity (Wildman–Crippen MR) is 107 cm³/mol. The largest absolute Gasteiger partial charge is 0.378 e. The zero-order chi connectivity index (χ0) is 19.2. The molecule has 1 fully saturated rings. The molecule has 1 saturated carbocycles. The maximum absolute atomic E-state index is 13.5. The minimum Gasteiger partial charge on any atom is -0.378 e. The highest BCUT2D eigenvalue weighted by Gasteiger charge is 2.34. The Morgan fingerprint density at radius 1 is 1.22 bits per heavy atom. The topological polar surface area (TPSA) is 41.1 Å². The highest BCUT2D eigenvalue weighted by molar-refractivity contribution is 6.30. The minimum absolute atomic E-state index is 0.00531. The molecule has 1 aliphatic heterocycles. The molecule has 3 nitrogen and oxygen atoms in total. The van der Waals surface area contributed by atoms with Gasteiger partial charge >= 0.3 is 0 Å². The Kier molecular flexibility index (Phi) is 4.63. The maximum atomic E-state index is 13.5. The molecule has 142 valence electrons. The van der Waals surface area contributed by atoms with Gasteiger partial charge in [0.25, 0.3) is 5.91 Å². The summed E-state index contributed by atoms with van der Waals surface area (Å²) < 4.78 is 13.5. The van der Waals surface area contributed by atoms with E-state index in [1.807, 2.05) is 18.2 Å². The van der Waals surface area contributed by atoms with Crippen LogP contribution in [0.3, 0.4) is 0 Å². The third-order valence-electron chi connectivity index (χ3n) is 5.84. The van der Waals surface area contributed by atoms with Gasteiger partial charge < -0.3 is 10.6 Å². The molecule has 0 aromatic heterocycles. The van der Waals surface area contributed by atoms with E-state index < -0.39 is 5.82 Å². The zero-order valence-corrected chi connectivity index (χ0v) is 16.4. The van der Waals surface area contributed by atoms with Gasteiger partial charge in [-0.2, -0.15) is 0 Å². The van der Waals surface area contributed by atoms with Crippen molar-refractivity contribution in [2.75, 3.05) is 5.32 Å². The average molecular weight is 387 g/mol. The standard InChI is InChI=1S/C22H24ClFN2O/c1-22(2)12-20(13-6-8-18(24)17(23)11-13)26-19-9-7-14(10-16(19)22)21(27)25-15-4-3-5-15/h6-11,15,20,26H,3-5,12H2,1-2H3,(H,25,27). The van der Waals surface area contributed by atoms with Crippen molar-refractivity contribution in [2.24, 2.45) is 0 Å². The fraction of sp³-hybridized carbons (Fsp3) is 0.409. The van der Waals surface area contributed by atoms with Crippen molar-refractivity contribution in [1.29, 1.82) is 0 Å². The van der Waals surface area contributed by atoms with E-state index in [9.17, 15) is 9.18 Å². The van der Waals surface area contributed by atoms with Gasteiger partial charge in [0.1, 0.15) is 5.82 Å². The summed E-state index contributed by atoms with van der Waals surface area (Å²) in [5.41, 5.74) is 3.69. The van der Waals surface area contributed by atoms with Crippen molar-refractivity contribution in [3.63, 3.8) is 0 Å². The van der Waals surface area contributed by atoms with Crippen molar-refractivity contribution in [1.82, 2.24) is 5.32 Å². The lowest BCUT2D eigenvalue weighted by Crippen LogP contribution is -2.39. The molecule has 1 unspecified atom stereocenters. The summed E-state index contributed by atoms with van der Waals surface area (Å²) in [6, 6.07) is 11.1. The highest BCUT2D eigenvalue weighted by atomic mass is 35.5. The Balaban J connectivity index is 1.60. The number of benzene rings is 2. The third kappa shape index (κ3) is 3.55. The smallest absolute Gasteiger partial charge is 0.251 e. The van der Waals surface area contributed by atoms with Crippen LogP contribution >= 0.6 is 11.6 Å². The lowest BCUT2D eigenvalue weighted by Gasteiger charge is -2.39. The predicted octanol–water partition coefficient (Wildman–Crippen LogP) is 5.60. The first kappa shape index (κ1) is 18.3. The molecule has 4 rings (SSSR count). The summed E-state index contributed by atoms with van der Waals surface area (Å²) in [6.07, 6.45) is 4.17. The summed E-state index contributed by atoms with van der Waals surface area (Å²) in [5, 5.41) is 6.78. The van der Waals surface area contributed by atoms with E-state index in [0.717, 1.165) is 36.1 Å². The monoisotopic (exact) mass is 386 g/mol. The van der Waals surface area contributed by atoms with Crippen LogP contribution in [-0.2, 0) is 5.41 Å². The van der Waals surface area contributed by atoms with E-state index >= 15 is 0 Å². The average Bonchev–Trinajstić information content (AvgIpc) is 2.59. The zero-order valence-electron chi connectivity index (χ0n) is 15.6.